The fraction of sp³-hybridized carbons (Fsp3) is 0.333. The molecule has 38 heavy (non-hydrogen) atoms. The van der Waals surface area contributed by atoms with Crippen molar-refractivity contribution in [1.82, 2.24) is 9.47 Å². The fourth-order valence-corrected chi connectivity index (χ4v) is 4.16. The minimum absolute atomic E-state index is 0.165. The third kappa shape index (κ3) is 7.34. The topological polar surface area (TPSA) is 51.5 Å². The Morgan fingerprint density at radius 1 is 1.00 bits per heavy atom. The number of hydrogen-bond acceptors (Lipinski definition) is 4. The van der Waals surface area contributed by atoms with Gasteiger partial charge in [0.1, 0.15) is 5.75 Å². The van der Waals surface area contributed by atoms with Crippen LogP contribution in [0.15, 0.2) is 72.2 Å². The summed E-state index contributed by atoms with van der Waals surface area (Å²) in [6, 6.07) is 17.6. The van der Waals surface area contributed by atoms with Gasteiger partial charge < -0.3 is 14.2 Å². The minimum atomic E-state index is -0.287. The number of likely N-dealkylation sites (N-methyl/N-ethyl adjacent to an activating group) is 1. The van der Waals surface area contributed by atoms with Gasteiger partial charge in [-0.15, -0.1) is 0 Å². The summed E-state index contributed by atoms with van der Waals surface area (Å²) < 4.78 is 7.46. The molecule has 5 heteroatoms. The lowest BCUT2D eigenvalue weighted by atomic mass is 9.89. The average molecular weight is 515 g/mol. The summed E-state index contributed by atoms with van der Waals surface area (Å²) in [4.78, 5) is 26.1. The zero-order valence-corrected chi connectivity index (χ0v) is 24.2. The van der Waals surface area contributed by atoms with E-state index in [1.807, 2.05) is 61.9 Å². The van der Waals surface area contributed by atoms with Crippen LogP contribution >= 0.6 is 0 Å². The zero-order valence-electron chi connectivity index (χ0n) is 24.2. The van der Waals surface area contributed by atoms with Crippen molar-refractivity contribution < 1.29 is 9.53 Å². The van der Waals surface area contributed by atoms with Crippen LogP contribution < -0.4 is 10.2 Å². The number of carbonyl (C=O) groups excluding carboxylic acids is 1. The van der Waals surface area contributed by atoms with Crippen molar-refractivity contribution in [3.63, 3.8) is 0 Å². The fourth-order valence-electron chi connectivity index (χ4n) is 4.16. The molecule has 0 aliphatic carbocycles. The van der Waals surface area contributed by atoms with Crippen LogP contribution in [0, 0.1) is 12.8 Å². The molecular formula is C33H42N2O3. The molecule has 5 nitrogen and oxygen atoms in total. The van der Waals surface area contributed by atoms with Gasteiger partial charge in [0, 0.05) is 38.0 Å². The summed E-state index contributed by atoms with van der Waals surface area (Å²) in [6.07, 6.45) is 2.27. The molecule has 202 valence electrons. The van der Waals surface area contributed by atoms with Crippen LogP contribution in [0.5, 0.6) is 5.75 Å². The predicted molar refractivity (Wildman–Crippen MR) is 161 cm³/mol. The predicted octanol–water partition coefficient (Wildman–Crippen LogP) is 7.19. The van der Waals surface area contributed by atoms with Gasteiger partial charge in [0.2, 0.25) is 0 Å². The lowest BCUT2D eigenvalue weighted by Gasteiger charge is -2.34. The van der Waals surface area contributed by atoms with Crippen molar-refractivity contribution in [1.29, 1.82) is 0 Å². The van der Waals surface area contributed by atoms with Gasteiger partial charge in [-0.2, -0.15) is 0 Å². The number of nitrogens with zero attached hydrogens (tertiary/aromatic N) is 2. The average Bonchev–Trinajstić information content (AvgIpc) is 2.90. The number of allylic oxidation sites excluding steroid dienone is 2. The lowest BCUT2D eigenvalue weighted by molar-refractivity contribution is 0.112. The lowest BCUT2D eigenvalue weighted by Crippen LogP contribution is -2.33. The van der Waals surface area contributed by atoms with Crippen LogP contribution in [0.3, 0.4) is 0 Å². The molecule has 2 heterocycles. The molecule has 1 aliphatic heterocycles. The maximum Gasteiger partial charge on any atom is 0.192 e. The number of carbonyl (C=O) groups is 1. The first-order valence-corrected chi connectivity index (χ1v) is 13.2. The van der Waals surface area contributed by atoms with Crippen molar-refractivity contribution >= 4 is 23.1 Å². The maximum absolute atomic E-state index is 12.6. The summed E-state index contributed by atoms with van der Waals surface area (Å²) in [5.74, 6) is 1.57. The Bertz CT molecular complexity index is 1350. The highest BCUT2D eigenvalue weighted by Gasteiger charge is 2.25. The smallest absolute Gasteiger partial charge is 0.192 e. The first-order chi connectivity index (χ1) is 18.2. The third-order valence-electron chi connectivity index (χ3n) is 5.85. The van der Waals surface area contributed by atoms with Gasteiger partial charge in [-0.25, -0.2) is 0 Å². The van der Waals surface area contributed by atoms with Gasteiger partial charge in [0.05, 0.1) is 24.1 Å². The molecule has 0 amide bonds. The van der Waals surface area contributed by atoms with E-state index in [0.717, 1.165) is 57.4 Å². The Balaban J connectivity index is 0.000000773. The highest BCUT2D eigenvalue weighted by Crippen LogP contribution is 2.40. The first-order valence-electron chi connectivity index (χ1n) is 13.2. The summed E-state index contributed by atoms with van der Waals surface area (Å²) in [5, 5.41) is 0. The van der Waals surface area contributed by atoms with Crippen LogP contribution in [0.4, 0.5) is 0 Å². The number of hydrogen-bond donors (Lipinski definition) is 0. The quantitative estimate of drug-likeness (QED) is 0.338. The van der Waals surface area contributed by atoms with E-state index in [1.54, 1.807) is 19.4 Å². The number of fused-ring (bicyclic) bond motifs is 1. The van der Waals surface area contributed by atoms with Crippen molar-refractivity contribution in [3.8, 4) is 5.75 Å². The first kappa shape index (κ1) is 30.4. The number of benzene rings is 2. The second-order valence-corrected chi connectivity index (χ2v) is 9.75. The number of methoxy groups -OCH3 is 1. The van der Waals surface area contributed by atoms with Gasteiger partial charge in [0.25, 0.3) is 0 Å². The van der Waals surface area contributed by atoms with E-state index in [9.17, 15) is 9.59 Å². The largest absolute Gasteiger partial charge is 0.497 e. The summed E-state index contributed by atoms with van der Waals surface area (Å²) in [5.41, 5.74) is 6.40. The summed E-state index contributed by atoms with van der Waals surface area (Å²) in [6.45, 7) is 18.4. The highest BCUT2D eigenvalue weighted by atomic mass is 16.5. The molecule has 0 saturated carbocycles. The maximum atomic E-state index is 12.6. The number of aromatic nitrogens is 1. The van der Waals surface area contributed by atoms with Gasteiger partial charge in [0.15, 0.2) is 11.7 Å². The Morgan fingerprint density at radius 2 is 1.63 bits per heavy atom. The van der Waals surface area contributed by atoms with Gasteiger partial charge >= 0.3 is 0 Å². The Morgan fingerprint density at radius 3 is 2.24 bits per heavy atom. The zero-order chi connectivity index (χ0) is 28.4. The van der Waals surface area contributed by atoms with E-state index < -0.39 is 0 Å². The van der Waals surface area contributed by atoms with Gasteiger partial charge in [-0.05, 0) is 41.7 Å². The molecule has 0 saturated heterocycles. The highest BCUT2D eigenvalue weighted by molar-refractivity contribution is 6.13. The van der Waals surface area contributed by atoms with Crippen LogP contribution in [-0.4, -0.2) is 36.5 Å². The van der Waals surface area contributed by atoms with Gasteiger partial charge in [-0.1, -0.05) is 83.2 Å². The Kier molecular flexibility index (Phi) is 11.3. The number of aldehydes is 1. The molecule has 3 aromatic rings. The van der Waals surface area contributed by atoms with Crippen LogP contribution in [0.2, 0.25) is 0 Å². The van der Waals surface area contributed by atoms with Crippen molar-refractivity contribution in [2.75, 3.05) is 20.7 Å². The van der Waals surface area contributed by atoms with Gasteiger partial charge in [-0.3, -0.25) is 9.59 Å². The van der Waals surface area contributed by atoms with Crippen molar-refractivity contribution in [2.24, 2.45) is 5.92 Å². The molecule has 0 fully saturated rings. The molecule has 4 rings (SSSR count). The molecule has 0 unspecified atom stereocenters. The van der Waals surface area contributed by atoms with Crippen LogP contribution in [0.25, 0.3) is 16.8 Å². The molecule has 0 atom stereocenters. The second kappa shape index (κ2) is 14.2. The van der Waals surface area contributed by atoms with Crippen molar-refractivity contribution in [2.45, 2.75) is 48.1 Å². The second-order valence-electron chi connectivity index (χ2n) is 9.75. The number of aryl methyl sites for hydroxylation is 1. The standard InChI is InChI=1S/C27H26N2O3.C4H10.C2H6/c1-18-7-5-8-20(13-18)19(2)26(21-9-6-10-23(14-21)32-4)27-24-15-25(31)22(17-30)16-29(24)12-11-28(27)3;1-4(2)3;1-2/h5-10,13-17H,2,11-12H2,1,3-4H3;4H,1-3H3;1-2H3/b27-26+;;. The number of rotatable bonds is 5. The van der Waals surface area contributed by atoms with E-state index >= 15 is 0 Å². The SMILES string of the molecule is C=C(/C(=C1/c2cc(=O)c(C=O)cn2CCN1C)c1cccc(OC)c1)c1cccc(C)c1.CC.CC(C)C. The molecule has 0 radical (unpaired) electrons. The Hall–Kier alpha value is -3.86. The molecular weight excluding hydrogens is 472 g/mol. The van der Waals surface area contributed by atoms with E-state index in [0.29, 0.717) is 12.8 Å². The molecule has 0 N–H and O–H groups in total. The monoisotopic (exact) mass is 514 g/mol. The number of ether oxygens (including phenoxy) is 1. The Labute approximate surface area is 228 Å². The van der Waals surface area contributed by atoms with Crippen LogP contribution in [-0.2, 0) is 6.54 Å². The van der Waals surface area contributed by atoms with E-state index in [4.69, 9.17) is 4.74 Å². The summed E-state index contributed by atoms with van der Waals surface area (Å²) in [7, 11) is 3.66. The molecule has 0 bridgehead atoms. The summed E-state index contributed by atoms with van der Waals surface area (Å²) >= 11 is 0. The van der Waals surface area contributed by atoms with E-state index in [2.05, 4.69) is 51.3 Å². The molecule has 0 spiro atoms. The van der Waals surface area contributed by atoms with E-state index in [-0.39, 0.29) is 11.0 Å². The molecule has 1 aromatic heterocycles. The van der Waals surface area contributed by atoms with Crippen molar-refractivity contribution in [3.05, 3.63) is 106 Å². The third-order valence-corrected chi connectivity index (χ3v) is 5.85. The molecule has 1 aliphatic rings. The number of pyridine rings is 1. The molecule has 2 aromatic carbocycles. The normalized spacial score (nSPS) is 13.3. The minimum Gasteiger partial charge on any atom is -0.497 e. The van der Waals surface area contributed by atoms with E-state index in [1.165, 1.54) is 0 Å². The van der Waals surface area contributed by atoms with Crippen LogP contribution in [0.1, 0.15) is 67.4 Å².